The summed E-state index contributed by atoms with van der Waals surface area (Å²) in [6.07, 6.45) is 1.95. The fourth-order valence-electron chi connectivity index (χ4n) is 3.64. The molecule has 0 radical (unpaired) electrons. The quantitative estimate of drug-likeness (QED) is 0.770. The number of nitrogens with one attached hydrogen (secondary N) is 2. The van der Waals surface area contributed by atoms with Crippen LogP contribution in [0, 0.1) is 5.41 Å². The standard InChI is InChI=1S/C18H23N3O4/c22-15-11-18(12-19-15)6-8-21(9-7-18)17(25)20-14(10-16(23)24)13-4-2-1-3-5-13/h1-5,14H,6-12H2,(H,19,22)(H,20,25)(H,23,24)/t14-/m0/s1. The average Bonchev–Trinajstić information content (AvgIpc) is 2.95. The van der Waals surface area contributed by atoms with Gasteiger partial charge in [-0.05, 0) is 23.8 Å². The van der Waals surface area contributed by atoms with Crippen LogP contribution >= 0.6 is 0 Å². The molecule has 3 rings (SSSR count). The number of urea groups is 1. The summed E-state index contributed by atoms with van der Waals surface area (Å²) in [7, 11) is 0. The number of amides is 3. The normalized spacial score (nSPS) is 20.2. The molecule has 3 amide bonds. The first-order valence-electron chi connectivity index (χ1n) is 8.56. The molecule has 2 aliphatic heterocycles. The van der Waals surface area contributed by atoms with Crippen molar-refractivity contribution in [2.75, 3.05) is 19.6 Å². The second-order valence-electron chi connectivity index (χ2n) is 6.95. The van der Waals surface area contributed by atoms with Crippen LogP contribution in [0.2, 0.25) is 0 Å². The molecule has 0 aromatic heterocycles. The lowest BCUT2D eigenvalue weighted by atomic mass is 9.78. The summed E-state index contributed by atoms with van der Waals surface area (Å²) >= 11 is 0. The van der Waals surface area contributed by atoms with E-state index in [1.165, 1.54) is 0 Å². The van der Waals surface area contributed by atoms with E-state index in [4.69, 9.17) is 5.11 Å². The molecule has 0 saturated carbocycles. The van der Waals surface area contributed by atoms with Crippen molar-refractivity contribution in [2.45, 2.75) is 31.7 Å². The van der Waals surface area contributed by atoms with Gasteiger partial charge in [0.1, 0.15) is 0 Å². The van der Waals surface area contributed by atoms with E-state index in [0.29, 0.717) is 26.1 Å². The molecule has 0 aliphatic carbocycles. The number of carbonyl (C=O) groups excluding carboxylic acids is 2. The molecule has 2 heterocycles. The van der Waals surface area contributed by atoms with Crippen molar-refractivity contribution in [3.63, 3.8) is 0 Å². The van der Waals surface area contributed by atoms with E-state index in [9.17, 15) is 14.4 Å². The van der Waals surface area contributed by atoms with Crippen LogP contribution in [-0.2, 0) is 9.59 Å². The molecule has 2 fully saturated rings. The highest BCUT2D eigenvalue weighted by molar-refractivity contribution is 5.79. The minimum absolute atomic E-state index is 0.0201. The lowest BCUT2D eigenvalue weighted by Crippen LogP contribution is -2.48. The van der Waals surface area contributed by atoms with Crippen molar-refractivity contribution in [3.8, 4) is 0 Å². The Morgan fingerprint density at radius 3 is 2.48 bits per heavy atom. The molecule has 3 N–H and O–H groups in total. The molecule has 25 heavy (non-hydrogen) atoms. The summed E-state index contributed by atoms with van der Waals surface area (Å²) in [5.41, 5.74) is 0.755. The Morgan fingerprint density at radius 2 is 1.92 bits per heavy atom. The Bertz CT molecular complexity index is 654. The number of benzene rings is 1. The van der Waals surface area contributed by atoms with E-state index < -0.39 is 12.0 Å². The highest BCUT2D eigenvalue weighted by Crippen LogP contribution is 2.37. The summed E-state index contributed by atoms with van der Waals surface area (Å²) in [6, 6.07) is 8.32. The number of piperidine rings is 1. The van der Waals surface area contributed by atoms with Gasteiger partial charge < -0.3 is 20.6 Å². The van der Waals surface area contributed by atoms with Crippen molar-refractivity contribution in [1.82, 2.24) is 15.5 Å². The molecule has 7 nitrogen and oxygen atoms in total. The smallest absolute Gasteiger partial charge is 0.317 e. The Labute approximate surface area is 146 Å². The summed E-state index contributed by atoms with van der Waals surface area (Å²) in [5, 5.41) is 14.9. The summed E-state index contributed by atoms with van der Waals surface area (Å²) < 4.78 is 0. The Balaban J connectivity index is 1.60. The maximum Gasteiger partial charge on any atom is 0.317 e. The van der Waals surface area contributed by atoms with Crippen LogP contribution in [-0.4, -0.2) is 47.5 Å². The zero-order valence-corrected chi connectivity index (χ0v) is 14.0. The molecular formula is C18H23N3O4. The van der Waals surface area contributed by atoms with Crippen molar-refractivity contribution in [1.29, 1.82) is 0 Å². The predicted octanol–water partition coefficient (Wildman–Crippen LogP) is 1.51. The van der Waals surface area contributed by atoms with Gasteiger partial charge in [0.15, 0.2) is 0 Å². The molecule has 1 atom stereocenters. The van der Waals surface area contributed by atoms with Crippen molar-refractivity contribution >= 4 is 17.9 Å². The number of nitrogens with zero attached hydrogens (tertiary/aromatic N) is 1. The SMILES string of the molecule is O=C(O)C[C@H](NC(=O)N1CCC2(CC1)CNC(=O)C2)c1ccccc1. The number of carboxylic acid groups (broad SMARTS) is 1. The highest BCUT2D eigenvalue weighted by atomic mass is 16.4. The molecule has 0 bridgehead atoms. The number of hydrogen-bond acceptors (Lipinski definition) is 3. The molecule has 1 aromatic carbocycles. The second kappa shape index (κ2) is 7.13. The maximum atomic E-state index is 12.6. The molecule has 2 saturated heterocycles. The molecule has 2 aliphatic rings. The minimum atomic E-state index is -0.956. The number of likely N-dealkylation sites (tertiary alicyclic amines) is 1. The zero-order chi connectivity index (χ0) is 17.9. The van der Waals surface area contributed by atoms with Crippen LogP contribution in [0.5, 0.6) is 0 Å². The first kappa shape index (κ1) is 17.3. The topological polar surface area (TPSA) is 98.7 Å². The zero-order valence-electron chi connectivity index (χ0n) is 14.0. The van der Waals surface area contributed by atoms with Crippen molar-refractivity contribution in [3.05, 3.63) is 35.9 Å². The van der Waals surface area contributed by atoms with Gasteiger partial charge in [0.2, 0.25) is 5.91 Å². The van der Waals surface area contributed by atoms with E-state index in [1.807, 2.05) is 30.3 Å². The van der Waals surface area contributed by atoms with Crippen molar-refractivity contribution in [2.24, 2.45) is 5.41 Å². The first-order valence-corrected chi connectivity index (χ1v) is 8.56. The van der Waals surface area contributed by atoms with Gasteiger partial charge in [-0.2, -0.15) is 0 Å². The van der Waals surface area contributed by atoms with E-state index in [0.717, 1.165) is 18.4 Å². The van der Waals surface area contributed by atoms with Crippen LogP contribution < -0.4 is 10.6 Å². The van der Waals surface area contributed by atoms with Crippen molar-refractivity contribution < 1.29 is 19.5 Å². The number of hydrogen-bond donors (Lipinski definition) is 3. The molecule has 0 unspecified atom stereocenters. The molecule has 1 aromatic rings. The van der Waals surface area contributed by atoms with E-state index in [-0.39, 0.29) is 23.8 Å². The molecule has 7 heteroatoms. The third-order valence-electron chi connectivity index (χ3n) is 5.19. The van der Waals surface area contributed by atoms with Crippen LogP contribution in [0.1, 0.15) is 37.3 Å². The van der Waals surface area contributed by atoms with E-state index >= 15 is 0 Å². The number of aliphatic carboxylic acids is 1. The van der Waals surface area contributed by atoms with Gasteiger partial charge in [-0.15, -0.1) is 0 Å². The Morgan fingerprint density at radius 1 is 1.24 bits per heavy atom. The number of carbonyl (C=O) groups is 3. The highest BCUT2D eigenvalue weighted by Gasteiger charge is 2.41. The van der Waals surface area contributed by atoms with Gasteiger partial charge >= 0.3 is 12.0 Å². The van der Waals surface area contributed by atoms with Gasteiger partial charge in [0, 0.05) is 26.1 Å². The van der Waals surface area contributed by atoms with Gasteiger partial charge in [-0.1, -0.05) is 30.3 Å². The van der Waals surface area contributed by atoms with Gasteiger partial charge in [-0.3, -0.25) is 9.59 Å². The Kier molecular flexibility index (Phi) is 4.92. The lowest BCUT2D eigenvalue weighted by Gasteiger charge is -2.38. The summed E-state index contributed by atoms with van der Waals surface area (Å²) in [6.45, 7) is 1.84. The maximum absolute atomic E-state index is 12.6. The monoisotopic (exact) mass is 345 g/mol. The van der Waals surface area contributed by atoms with Crippen LogP contribution in [0.4, 0.5) is 4.79 Å². The third-order valence-corrected chi connectivity index (χ3v) is 5.19. The second-order valence-corrected chi connectivity index (χ2v) is 6.95. The number of rotatable bonds is 4. The van der Waals surface area contributed by atoms with Gasteiger partial charge in [0.05, 0.1) is 12.5 Å². The van der Waals surface area contributed by atoms with Gasteiger partial charge in [-0.25, -0.2) is 4.79 Å². The third kappa shape index (κ3) is 4.10. The summed E-state index contributed by atoms with van der Waals surface area (Å²) in [5.74, 6) is -0.870. The van der Waals surface area contributed by atoms with Crippen LogP contribution in [0.15, 0.2) is 30.3 Å². The Hall–Kier alpha value is -2.57. The van der Waals surface area contributed by atoms with Crippen LogP contribution in [0.25, 0.3) is 0 Å². The number of carboxylic acids is 1. The molecular weight excluding hydrogens is 322 g/mol. The van der Waals surface area contributed by atoms with E-state index in [1.54, 1.807) is 4.90 Å². The van der Waals surface area contributed by atoms with Crippen LogP contribution in [0.3, 0.4) is 0 Å². The molecule has 134 valence electrons. The molecule has 1 spiro atoms. The minimum Gasteiger partial charge on any atom is -0.481 e. The fourth-order valence-corrected chi connectivity index (χ4v) is 3.64. The predicted molar refractivity (Wildman–Crippen MR) is 90.8 cm³/mol. The fraction of sp³-hybridized carbons (Fsp3) is 0.500. The van der Waals surface area contributed by atoms with E-state index in [2.05, 4.69) is 10.6 Å². The summed E-state index contributed by atoms with van der Waals surface area (Å²) in [4.78, 5) is 36.9. The largest absolute Gasteiger partial charge is 0.481 e. The lowest BCUT2D eigenvalue weighted by molar-refractivity contribution is -0.137. The van der Waals surface area contributed by atoms with Gasteiger partial charge in [0.25, 0.3) is 0 Å². The average molecular weight is 345 g/mol. The first-order chi connectivity index (χ1) is 12.0.